The molecule has 0 saturated carbocycles. The molecule has 0 spiro atoms. The van der Waals surface area contributed by atoms with Crippen molar-refractivity contribution in [2.24, 2.45) is 0 Å². The number of aromatic nitrogens is 1. The van der Waals surface area contributed by atoms with Gasteiger partial charge in [0.15, 0.2) is 0 Å². The van der Waals surface area contributed by atoms with E-state index in [1.54, 1.807) is 13.8 Å². The van der Waals surface area contributed by atoms with Crippen LogP contribution in [0.25, 0.3) is 11.5 Å². The van der Waals surface area contributed by atoms with Gasteiger partial charge in [-0.15, -0.1) is 0 Å². The number of likely N-dealkylation sites (N-methyl/N-ethyl adjacent to an activating group) is 1. The van der Waals surface area contributed by atoms with Crippen molar-refractivity contribution in [3.8, 4) is 17.2 Å². The normalized spacial score (nSPS) is 11.6. The Morgan fingerprint density at radius 2 is 1.72 bits per heavy atom. The molecule has 0 amide bonds. The fourth-order valence-corrected chi connectivity index (χ4v) is 5.92. The van der Waals surface area contributed by atoms with Crippen molar-refractivity contribution in [2.45, 2.75) is 38.5 Å². The minimum atomic E-state index is -3.79. The van der Waals surface area contributed by atoms with E-state index < -0.39 is 14.9 Å². The highest BCUT2D eigenvalue weighted by Gasteiger charge is 2.26. The number of rotatable bonds is 12. The monoisotopic (exact) mass is 549 g/mol. The number of oxazole rings is 1. The lowest BCUT2D eigenvalue weighted by atomic mass is 10.1. The third kappa shape index (κ3) is 6.71. The number of benzene rings is 3. The summed E-state index contributed by atoms with van der Waals surface area (Å²) in [6.45, 7) is 6.24. The summed E-state index contributed by atoms with van der Waals surface area (Å²) in [5.41, 5.74) is 2.97. The van der Waals surface area contributed by atoms with Gasteiger partial charge in [0.25, 0.3) is 5.69 Å². The van der Waals surface area contributed by atoms with Crippen molar-refractivity contribution in [1.82, 2.24) is 9.29 Å². The molecular weight excluding hydrogens is 518 g/mol. The number of sulfonamides is 1. The molecule has 0 fully saturated rings. The van der Waals surface area contributed by atoms with Gasteiger partial charge in [-0.25, -0.2) is 13.4 Å². The molecule has 0 aliphatic heterocycles. The highest BCUT2D eigenvalue weighted by Crippen LogP contribution is 2.25. The maximum atomic E-state index is 13.2. The first-order valence-corrected chi connectivity index (χ1v) is 14.1. The first-order chi connectivity index (χ1) is 18.7. The second-order valence-corrected chi connectivity index (χ2v) is 11.0. The zero-order valence-corrected chi connectivity index (χ0v) is 23.0. The number of nitrogens with zero attached hydrogens (tertiary/aromatic N) is 3. The molecule has 204 valence electrons. The molecule has 1 aromatic heterocycles. The number of nitro groups is 1. The SMILES string of the molecule is CCN(CCc1ccc(OCCc2nc(-c3ccccc3)oc2C)cc1)S(=O)(=O)c1ccc([N+](=O)[O-])cc1C. The van der Waals surface area contributed by atoms with E-state index in [-0.39, 0.29) is 23.7 Å². The Kier molecular flexibility index (Phi) is 8.78. The van der Waals surface area contributed by atoms with Crippen LogP contribution >= 0.6 is 0 Å². The summed E-state index contributed by atoms with van der Waals surface area (Å²) in [6.07, 6.45) is 1.12. The van der Waals surface area contributed by atoms with Gasteiger partial charge in [0, 0.05) is 37.2 Å². The molecule has 4 aromatic rings. The molecule has 0 atom stereocenters. The van der Waals surface area contributed by atoms with Crippen LogP contribution in [0.2, 0.25) is 0 Å². The van der Waals surface area contributed by atoms with E-state index in [0.717, 1.165) is 22.6 Å². The summed E-state index contributed by atoms with van der Waals surface area (Å²) in [5.74, 6) is 2.08. The molecule has 0 aliphatic carbocycles. The molecule has 39 heavy (non-hydrogen) atoms. The van der Waals surface area contributed by atoms with Crippen LogP contribution in [0.5, 0.6) is 5.75 Å². The maximum Gasteiger partial charge on any atom is 0.269 e. The van der Waals surface area contributed by atoms with Crippen LogP contribution in [-0.2, 0) is 22.9 Å². The third-order valence-electron chi connectivity index (χ3n) is 6.43. The highest BCUT2D eigenvalue weighted by molar-refractivity contribution is 7.89. The fourth-order valence-electron chi connectivity index (χ4n) is 4.26. The lowest BCUT2D eigenvalue weighted by Crippen LogP contribution is -2.33. The molecule has 0 unspecified atom stereocenters. The zero-order chi connectivity index (χ0) is 28.0. The second-order valence-electron chi connectivity index (χ2n) is 9.08. The summed E-state index contributed by atoms with van der Waals surface area (Å²) >= 11 is 0. The van der Waals surface area contributed by atoms with E-state index in [2.05, 4.69) is 4.98 Å². The third-order valence-corrected chi connectivity index (χ3v) is 8.57. The molecule has 0 aliphatic rings. The van der Waals surface area contributed by atoms with Crippen molar-refractivity contribution in [1.29, 1.82) is 0 Å². The van der Waals surface area contributed by atoms with E-state index in [0.29, 0.717) is 36.7 Å². The summed E-state index contributed by atoms with van der Waals surface area (Å²) < 4.78 is 39.5. The molecule has 0 saturated heterocycles. The molecule has 9 nitrogen and oxygen atoms in total. The molecule has 10 heteroatoms. The predicted molar refractivity (Wildman–Crippen MR) is 148 cm³/mol. The minimum absolute atomic E-state index is 0.0805. The van der Waals surface area contributed by atoms with Crippen molar-refractivity contribution in [3.63, 3.8) is 0 Å². The largest absolute Gasteiger partial charge is 0.493 e. The van der Waals surface area contributed by atoms with Crippen molar-refractivity contribution in [2.75, 3.05) is 19.7 Å². The van der Waals surface area contributed by atoms with Crippen molar-refractivity contribution < 1.29 is 22.5 Å². The van der Waals surface area contributed by atoms with Gasteiger partial charge in [0.1, 0.15) is 11.5 Å². The Morgan fingerprint density at radius 1 is 1.00 bits per heavy atom. The Hall–Kier alpha value is -4.02. The summed E-state index contributed by atoms with van der Waals surface area (Å²) in [6, 6.07) is 21.1. The quantitative estimate of drug-likeness (QED) is 0.163. The second kappa shape index (κ2) is 12.2. The van der Waals surface area contributed by atoms with Crippen LogP contribution in [0.1, 0.15) is 29.5 Å². The standard InChI is InChI=1S/C29H31N3O6S/c1-4-31(39(35,36)28-15-12-25(32(33)34)20-21(28)2)18-16-23-10-13-26(14-11-23)37-19-17-27-22(3)38-29(30-27)24-8-6-5-7-9-24/h5-15,20H,4,16-19H2,1-3H3. The van der Waals surface area contributed by atoms with Gasteiger partial charge in [-0.05, 0) is 61.7 Å². The minimum Gasteiger partial charge on any atom is -0.493 e. The van der Waals surface area contributed by atoms with Gasteiger partial charge in [0.05, 0.1) is 22.1 Å². The first kappa shape index (κ1) is 28.0. The summed E-state index contributed by atoms with van der Waals surface area (Å²) in [5, 5.41) is 11.0. The number of aryl methyl sites for hydroxylation is 2. The number of non-ortho nitro benzene ring substituents is 1. The first-order valence-electron chi connectivity index (χ1n) is 12.7. The van der Waals surface area contributed by atoms with Gasteiger partial charge in [-0.2, -0.15) is 4.31 Å². The molecule has 4 rings (SSSR count). The van der Waals surface area contributed by atoms with Crippen LogP contribution in [0, 0.1) is 24.0 Å². The van der Waals surface area contributed by atoms with Crippen LogP contribution in [-0.4, -0.2) is 42.3 Å². The van der Waals surface area contributed by atoms with Crippen LogP contribution in [0.3, 0.4) is 0 Å². The van der Waals surface area contributed by atoms with Crippen LogP contribution in [0.15, 0.2) is 82.1 Å². The molecular formula is C29H31N3O6S. The van der Waals surface area contributed by atoms with E-state index in [4.69, 9.17) is 9.15 Å². The highest BCUT2D eigenvalue weighted by atomic mass is 32.2. The summed E-state index contributed by atoms with van der Waals surface area (Å²) in [7, 11) is -3.79. The molecule has 0 radical (unpaired) electrons. The molecule has 0 N–H and O–H groups in total. The van der Waals surface area contributed by atoms with Crippen LogP contribution < -0.4 is 4.74 Å². The van der Waals surface area contributed by atoms with Gasteiger partial charge >= 0.3 is 0 Å². The van der Waals surface area contributed by atoms with Crippen molar-refractivity contribution in [3.05, 3.63) is 105 Å². The van der Waals surface area contributed by atoms with E-state index in [1.165, 1.54) is 22.5 Å². The number of nitro benzene ring substituents is 1. The Balaban J connectivity index is 1.32. The van der Waals surface area contributed by atoms with Crippen molar-refractivity contribution >= 4 is 15.7 Å². The van der Waals surface area contributed by atoms with Gasteiger partial charge in [-0.3, -0.25) is 10.1 Å². The van der Waals surface area contributed by atoms with E-state index in [9.17, 15) is 18.5 Å². The average Bonchev–Trinajstić information content (AvgIpc) is 3.30. The lowest BCUT2D eigenvalue weighted by molar-refractivity contribution is -0.385. The van der Waals surface area contributed by atoms with Gasteiger partial charge in [0.2, 0.25) is 15.9 Å². The Bertz CT molecular complexity index is 1530. The smallest absolute Gasteiger partial charge is 0.269 e. The number of ether oxygens (including phenoxy) is 1. The fraction of sp³-hybridized carbons (Fsp3) is 0.276. The lowest BCUT2D eigenvalue weighted by Gasteiger charge is -2.21. The molecule has 0 bridgehead atoms. The maximum absolute atomic E-state index is 13.2. The Morgan fingerprint density at radius 3 is 2.36 bits per heavy atom. The number of hydrogen-bond acceptors (Lipinski definition) is 7. The molecule has 3 aromatic carbocycles. The van der Waals surface area contributed by atoms with Crippen LogP contribution in [0.4, 0.5) is 5.69 Å². The summed E-state index contributed by atoms with van der Waals surface area (Å²) in [4.78, 5) is 15.2. The number of hydrogen-bond donors (Lipinski definition) is 0. The van der Waals surface area contributed by atoms with Gasteiger partial charge in [-0.1, -0.05) is 37.3 Å². The molecule has 1 heterocycles. The predicted octanol–water partition coefficient (Wildman–Crippen LogP) is 5.74. The zero-order valence-electron chi connectivity index (χ0n) is 22.2. The topological polar surface area (TPSA) is 116 Å². The van der Waals surface area contributed by atoms with E-state index in [1.807, 2.05) is 61.5 Å². The van der Waals surface area contributed by atoms with E-state index >= 15 is 0 Å². The Labute approximate surface area is 228 Å². The average molecular weight is 550 g/mol. The van der Waals surface area contributed by atoms with Gasteiger partial charge < -0.3 is 9.15 Å².